The number of carbonyl (C=O) groups is 2. The molecule has 0 heterocycles. The molecule has 0 spiro atoms. The Hall–Kier alpha value is -3.78. The summed E-state index contributed by atoms with van der Waals surface area (Å²) in [6, 6.07) is 6.38. The van der Waals surface area contributed by atoms with E-state index in [1.807, 2.05) is 6.92 Å². The quantitative estimate of drug-likeness (QED) is 0.232. The number of carbonyl (C=O) groups excluding carboxylic acids is 2. The minimum absolute atomic E-state index is 0.0324. The average Bonchev–Trinajstić information content (AvgIpc) is 2.88. The lowest BCUT2D eigenvalue weighted by Gasteiger charge is -2.21. The summed E-state index contributed by atoms with van der Waals surface area (Å²) in [6.45, 7) is 9.48. The van der Waals surface area contributed by atoms with Crippen molar-refractivity contribution in [3.8, 4) is 23.0 Å². The van der Waals surface area contributed by atoms with Crippen LogP contribution in [0.25, 0.3) is 0 Å². The van der Waals surface area contributed by atoms with E-state index >= 15 is 0 Å². The van der Waals surface area contributed by atoms with Crippen LogP contribution in [-0.2, 0) is 22.4 Å². The number of esters is 1. The SMILES string of the molecule is C=CCOc1cc(OCC=C)c(C(=O)c2ccc(OC)c(OCCO)c2)c(CC(=O)OC)c1CC. The molecule has 0 atom stereocenters. The Morgan fingerprint density at radius 1 is 0.914 bits per heavy atom. The fourth-order valence-electron chi connectivity index (χ4n) is 3.55. The summed E-state index contributed by atoms with van der Waals surface area (Å²) < 4.78 is 27.5. The van der Waals surface area contributed by atoms with Crippen molar-refractivity contribution in [1.82, 2.24) is 0 Å². The van der Waals surface area contributed by atoms with Crippen LogP contribution < -0.4 is 18.9 Å². The van der Waals surface area contributed by atoms with Gasteiger partial charge in [-0.15, -0.1) is 0 Å². The largest absolute Gasteiger partial charge is 0.493 e. The first-order valence-electron chi connectivity index (χ1n) is 11.1. The highest BCUT2D eigenvalue weighted by molar-refractivity contribution is 6.13. The van der Waals surface area contributed by atoms with Gasteiger partial charge in [-0.05, 0) is 35.7 Å². The smallest absolute Gasteiger partial charge is 0.310 e. The first-order valence-corrected chi connectivity index (χ1v) is 11.1. The van der Waals surface area contributed by atoms with Crippen LogP contribution >= 0.6 is 0 Å². The van der Waals surface area contributed by atoms with E-state index in [0.29, 0.717) is 34.8 Å². The highest BCUT2D eigenvalue weighted by Gasteiger charge is 2.27. The zero-order valence-corrected chi connectivity index (χ0v) is 20.4. The van der Waals surface area contributed by atoms with E-state index in [4.69, 9.17) is 28.8 Å². The number of rotatable bonds is 15. The van der Waals surface area contributed by atoms with Crippen molar-refractivity contribution in [2.24, 2.45) is 0 Å². The average molecular weight is 485 g/mol. The normalized spacial score (nSPS) is 10.3. The molecule has 0 aliphatic rings. The van der Waals surface area contributed by atoms with Gasteiger partial charge in [-0.25, -0.2) is 0 Å². The maximum Gasteiger partial charge on any atom is 0.310 e. The molecule has 0 amide bonds. The van der Waals surface area contributed by atoms with Gasteiger partial charge in [0.15, 0.2) is 17.3 Å². The van der Waals surface area contributed by atoms with E-state index in [9.17, 15) is 9.59 Å². The Balaban J connectivity index is 2.77. The molecule has 35 heavy (non-hydrogen) atoms. The summed E-state index contributed by atoms with van der Waals surface area (Å²) in [4.78, 5) is 26.2. The first-order chi connectivity index (χ1) is 16.9. The van der Waals surface area contributed by atoms with Crippen molar-refractivity contribution in [3.63, 3.8) is 0 Å². The van der Waals surface area contributed by atoms with E-state index in [1.54, 1.807) is 30.4 Å². The van der Waals surface area contributed by atoms with Gasteiger partial charge in [0.1, 0.15) is 31.3 Å². The van der Waals surface area contributed by atoms with E-state index in [2.05, 4.69) is 13.2 Å². The number of hydrogen-bond acceptors (Lipinski definition) is 8. The van der Waals surface area contributed by atoms with Crippen molar-refractivity contribution in [2.45, 2.75) is 19.8 Å². The van der Waals surface area contributed by atoms with Crippen molar-refractivity contribution >= 4 is 11.8 Å². The van der Waals surface area contributed by atoms with E-state index in [0.717, 1.165) is 0 Å². The Morgan fingerprint density at radius 2 is 1.60 bits per heavy atom. The van der Waals surface area contributed by atoms with Gasteiger partial charge < -0.3 is 28.8 Å². The van der Waals surface area contributed by atoms with E-state index in [1.165, 1.54) is 20.3 Å². The zero-order valence-electron chi connectivity index (χ0n) is 20.4. The Bertz CT molecular complexity index is 1060. The fourth-order valence-corrected chi connectivity index (χ4v) is 3.55. The molecule has 0 aliphatic heterocycles. The molecule has 2 aromatic rings. The molecule has 1 N–H and O–H groups in total. The van der Waals surface area contributed by atoms with Gasteiger partial charge >= 0.3 is 5.97 Å². The lowest BCUT2D eigenvalue weighted by molar-refractivity contribution is -0.139. The van der Waals surface area contributed by atoms with Crippen molar-refractivity contribution in [1.29, 1.82) is 0 Å². The number of ketones is 1. The Kier molecular flexibility index (Phi) is 10.8. The van der Waals surface area contributed by atoms with Crippen LogP contribution in [-0.4, -0.2) is 57.5 Å². The molecular formula is C27H32O8. The molecule has 8 nitrogen and oxygen atoms in total. The van der Waals surface area contributed by atoms with Crippen LogP contribution in [0.1, 0.15) is 34.0 Å². The number of aliphatic hydroxyl groups is 1. The van der Waals surface area contributed by atoms with Gasteiger partial charge in [0.2, 0.25) is 0 Å². The third-order valence-electron chi connectivity index (χ3n) is 5.09. The molecule has 0 aliphatic carbocycles. The molecule has 0 unspecified atom stereocenters. The molecule has 0 radical (unpaired) electrons. The topological polar surface area (TPSA) is 101 Å². The zero-order chi connectivity index (χ0) is 25.8. The maximum atomic E-state index is 13.9. The second kappa shape index (κ2) is 13.8. The minimum atomic E-state index is -0.508. The molecule has 0 saturated heterocycles. The summed E-state index contributed by atoms with van der Waals surface area (Å²) in [6.07, 6.45) is 3.50. The van der Waals surface area contributed by atoms with Gasteiger partial charge in [0, 0.05) is 11.6 Å². The van der Waals surface area contributed by atoms with Crippen LogP contribution in [0.2, 0.25) is 0 Å². The minimum Gasteiger partial charge on any atom is -0.493 e. The van der Waals surface area contributed by atoms with Crippen molar-refractivity contribution < 1.29 is 38.4 Å². The molecule has 2 aromatic carbocycles. The van der Waals surface area contributed by atoms with Gasteiger partial charge in [-0.1, -0.05) is 32.2 Å². The number of aliphatic hydroxyl groups excluding tert-OH is 1. The van der Waals surface area contributed by atoms with Crippen LogP contribution in [0.4, 0.5) is 0 Å². The van der Waals surface area contributed by atoms with Gasteiger partial charge in [0.25, 0.3) is 0 Å². The Labute approximate surface area is 205 Å². The summed E-state index contributed by atoms with van der Waals surface area (Å²) >= 11 is 0. The number of benzene rings is 2. The summed E-state index contributed by atoms with van der Waals surface area (Å²) in [7, 11) is 2.77. The van der Waals surface area contributed by atoms with Crippen LogP contribution in [0.15, 0.2) is 49.6 Å². The monoisotopic (exact) mass is 484 g/mol. The molecule has 0 fully saturated rings. The fraction of sp³-hybridized carbons (Fsp3) is 0.333. The summed E-state index contributed by atoms with van der Waals surface area (Å²) in [5, 5.41) is 9.14. The van der Waals surface area contributed by atoms with Crippen LogP contribution in [0.5, 0.6) is 23.0 Å². The summed E-state index contributed by atoms with van der Waals surface area (Å²) in [5.74, 6) is 0.560. The van der Waals surface area contributed by atoms with Crippen LogP contribution in [0.3, 0.4) is 0 Å². The maximum absolute atomic E-state index is 13.9. The second-order valence-corrected chi connectivity index (χ2v) is 7.28. The van der Waals surface area contributed by atoms with Crippen molar-refractivity contribution in [2.75, 3.05) is 40.6 Å². The molecule has 2 rings (SSSR count). The third-order valence-corrected chi connectivity index (χ3v) is 5.09. The van der Waals surface area contributed by atoms with E-state index < -0.39 is 5.97 Å². The standard InChI is InChI=1S/C27H32O8/c1-6-12-33-22-17-24(34-13-7-2)26(20(19(22)8-3)16-25(29)32-5)27(30)18-9-10-21(31-4)23(15-18)35-14-11-28/h6-7,9-10,15,17,28H,1-2,8,11-14,16H2,3-5H3. The van der Waals surface area contributed by atoms with E-state index in [-0.39, 0.29) is 55.5 Å². The van der Waals surface area contributed by atoms with Gasteiger partial charge in [0.05, 0.1) is 32.8 Å². The van der Waals surface area contributed by atoms with Crippen LogP contribution in [0, 0.1) is 0 Å². The van der Waals surface area contributed by atoms with Gasteiger partial charge in [-0.2, -0.15) is 0 Å². The molecule has 188 valence electrons. The Morgan fingerprint density at radius 3 is 2.17 bits per heavy atom. The third kappa shape index (κ3) is 6.86. The lowest BCUT2D eigenvalue weighted by Crippen LogP contribution is -2.17. The molecular weight excluding hydrogens is 452 g/mol. The van der Waals surface area contributed by atoms with Crippen molar-refractivity contribution in [3.05, 3.63) is 71.8 Å². The molecule has 0 aromatic heterocycles. The highest BCUT2D eigenvalue weighted by atomic mass is 16.5. The number of ether oxygens (including phenoxy) is 5. The second-order valence-electron chi connectivity index (χ2n) is 7.28. The predicted molar refractivity (Wildman–Crippen MR) is 132 cm³/mol. The molecule has 0 saturated carbocycles. The highest BCUT2D eigenvalue weighted by Crippen LogP contribution is 2.38. The number of hydrogen-bond donors (Lipinski definition) is 1. The predicted octanol–water partition coefficient (Wildman–Crippen LogP) is 3.70. The molecule has 8 heteroatoms. The number of methoxy groups -OCH3 is 2. The summed E-state index contributed by atoms with van der Waals surface area (Å²) in [5.41, 5.74) is 1.66. The first kappa shape index (κ1) is 27.5. The lowest BCUT2D eigenvalue weighted by atomic mass is 9.90. The van der Waals surface area contributed by atoms with Gasteiger partial charge in [-0.3, -0.25) is 9.59 Å². The molecule has 0 bridgehead atoms.